The van der Waals surface area contributed by atoms with E-state index in [1.807, 2.05) is 0 Å². The fraction of sp³-hybridized carbons (Fsp3) is 0.278. The summed E-state index contributed by atoms with van der Waals surface area (Å²) in [5.74, 6) is 0.499. The number of carbonyl (C=O) groups excluding carboxylic acids is 1. The van der Waals surface area contributed by atoms with E-state index in [4.69, 9.17) is 14.2 Å². The molecule has 0 saturated carbocycles. The molecule has 0 atom stereocenters. The van der Waals surface area contributed by atoms with Crippen molar-refractivity contribution in [1.29, 1.82) is 0 Å². The van der Waals surface area contributed by atoms with Crippen LogP contribution in [0.3, 0.4) is 0 Å². The Bertz CT molecular complexity index is 784. The highest BCUT2D eigenvalue weighted by atomic mass is 19.4. The number of alkyl halides is 3. The van der Waals surface area contributed by atoms with E-state index in [1.54, 1.807) is 12.1 Å². The molecule has 1 amide bonds. The lowest BCUT2D eigenvalue weighted by molar-refractivity contribution is -0.137. The molecule has 0 aliphatic rings. The molecule has 2 aromatic rings. The number of anilines is 2. The van der Waals surface area contributed by atoms with Crippen LogP contribution < -0.4 is 24.8 Å². The summed E-state index contributed by atoms with van der Waals surface area (Å²) in [6, 6.07) is 7.93. The molecule has 0 aromatic heterocycles. The van der Waals surface area contributed by atoms with Gasteiger partial charge in [-0.05, 0) is 12.1 Å². The molecule has 0 saturated heterocycles. The first-order valence-electron chi connectivity index (χ1n) is 7.80. The van der Waals surface area contributed by atoms with E-state index in [2.05, 4.69) is 10.6 Å². The maximum absolute atomic E-state index is 13.0. The first-order chi connectivity index (χ1) is 12.8. The van der Waals surface area contributed by atoms with E-state index in [0.29, 0.717) is 22.9 Å². The number of benzene rings is 2. The Morgan fingerprint density at radius 3 is 2.11 bits per heavy atom. The summed E-state index contributed by atoms with van der Waals surface area (Å²) in [5.41, 5.74) is -0.739. The zero-order chi connectivity index (χ0) is 20.0. The Balaban J connectivity index is 2.11. The Labute approximate surface area is 154 Å². The van der Waals surface area contributed by atoms with Crippen molar-refractivity contribution in [2.24, 2.45) is 0 Å². The van der Waals surface area contributed by atoms with Gasteiger partial charge in [0, 0.05) is 17.8 Å². The molecule has 9 heteroatoms. The lowest BCUT2D eigenvalue weighted by Crippen LogP contribution is -2.23. The summed E-state index contributed by atoms with van der Waals surface area (Å²) >= 11 is 0. The smallest absolute Gasteiger partial charge is 0.418 e. The monoisotopic (exact) mass is 384 g/mol. The van der Waals surface area contributed by atoms with Crippen molar-refractivity contribution >= 4 is 17.3 Å². The fourth-order valence-electron chi connectivity index (χ4n) is 2.40. The third-order valence-corrected chi connectivity index (χ3v) is 3.62. The van der Waals surface area contributed by atoms with Crippen LogP contribution in [0.2, 0.25) is 0 Å². The summed E-state index contributed by atoms with van der Waals surface area (Å²) in [6.45, 7) is -0.259. The second kappa shape index (κ2) is 8.52. The van der Waals surface area contributed by atoms with Crippen LogP contribution in [-0.4, -0.2) is 33.8 Å². The Morgan fingerprint density at radius 1 is 1.00 bits per heavy atom. The Hall–Kier alpha value is -3.10. The van der Waals surface area contributed by atoms with Gasteiger partial charge in [-0.1, -0.05) is 12.1 Å². The van der Waals surface area contributed by atoms with Crippen molar-refractivity contribution in [3.63, 3.8) is 0 Å². The molecule has 0 fully saturated rings. The maximum atomic E-state index is 13.0. The molecule has 0 unspecified atom stereocenters. The highest BCUT2D eigenvalue weighted by molar-refractivity contribution is 5.94. The van der Waals surface area contributed by atoms with Crippen molar-refractivity contribution in [3.8, 4) is 17.2 Å². The number of ether oxygens (including phenoxy) is 3. The van der Waals surface area contributed by atoms with Gasteiger partial charge in [0.05, 0.1) is 39.1 Å². The van der Waals surface area contributed by atoms with Gasteiger partial charge >= 0.3 is 6.18 Å². The second-order valence-electron chi connectivity index (χ2n) is 5.36. The minimum absolute atomic E-state index is 0.259. The van der Waals surface area contributed by atoms with E-state index in [9.17, 15) is 18.0 Å². The van der Waals surface area contributed by atoms with E-state index < -0.39 is 17.6 Å². The van der Waals surface area contributed by atoms with Crippen molar-refractivity contribution < 1.29 is 32.2 Å². The van der Waals surface area contributed by atoms with Gasteiger partial charge in [0.2, 0.25) is 11.7 Å². The second-order valence-corrected chi connectivity index (χ2v) is 5.36. The molecule has 146 valence electrons. The minimum Gasteiger partial charge on any atom is -0.493 e. The van der Waals surface area contributed by atoms with Crippen molar-refractivity contribution in [1.82, 2.24) is 0 Å². The maximum Gasteiger partial charge on any atom is 0.418 e. The van der Waals surface area contributed by atoms with Crippen LogP contribution in [0.25, 0.3) is 0 Å². The average molecular weight is 384 g/mol. The molecule has 2 rings (SSSR count). The number of hydrogen-bond donors (Lipinski definition) is 2. The molecule has 0 radical (unpaired) electrons. The average Bonchev–Trinajstić information content (AvgIpc) is 2.64. The standard InChI is InChI=1S/C18H19F3N2O4/c1-25-14-8-11(9-15(26-2)17(14)27-3)22-10-16(24)23-13-7-5-4-6-12(13)18(19,20)21/h4-9,22H,10H2,1-3H3,(H,23,24). The first-order valence-corrected chi connectivity index (χ1v) is 7.80. The predicted molar refractivity (Wildman–Crippen MR) is 94.7 cm³/mol. The molecule has 6 nitrogen and oxygen atoms in total. The Kier molecular flexibility index (Phi) is 6.38. The van der Waals surface area contributed by atoms with Crippen LogP contribution in [0.5, 0.6) is 17.2 Å². The molecule has 0 bridgehead atoms. The predicted octanol–water partition coefficient (Wildman–Crippen LogP) is 3.78. The quantitative estimate of drug-likeness (QED) is 0.760. The molecule has 2 N–H and O–H groups in total. The van der Waals surface area contributed by atoms with Crippen molar-refractivity contribution in [3.05, 3.63) is 42.0 Å². The molecule has 2 aromatic carbocycles. The lowest BCUT2D eigenvalue weighted by atomic mass is 10.1. The van der Waals surface area contributed by atoms with Gasteiger partial charge in [-0.2, -0.15) is 13.2 Å². The number of rotatable bonds is 7. The summed E-state index contributed by atoms with van der Waals surface area (Å²) in [5, 5.41) is 5.07. The van der Waals surface area contributed by atoms with Crippen LogP contribution in [0.1, 0.15) is 5.56 Å². The lowest BCUT2D eigenvalue weighted by Gasteiger charge is -2.16. The fourth-order valence-corrected chi connectivity index (χ4v) is 2.40. The third kappa shape index (κ3) is 4.96. The summed E-state index contributed by atoms with van der Waals surface area (Å²) < 4.78 is 54.6. The normalized spacial score (nSPS) is 10.9. The van der Waals surface area contributed by atoms with E-state index in [-0.39, 0.29) is 12.2 Å². The molecular weight excluding hydrogens is 365 g/mol. The largest absolute Gasteiger partial charge is 0.493 e. The number of carbonyl (C=O) groups is 1. The van der Waals surface area contributed by atoms with E-state index in [1.165, 1.54) is 39.5 Å². The number of amides is 1. The zero-order valence-corrected chi connectivity index (χ0v) is 14.9. The van der Waals surface area contributed by atoms with Crippen molar-refractivity contribution in [2.45, 2.75) is 6.18 Å². The molecule has 0 aliphatic carbocycles. The van der Waals surface area contributed by atoms with Gasteiger partial charge in [-0.3, -0.25) is 4.79 Å². The number of nitrogens with one attached hydrogen (secondary N) is 2. The number of para-hydroxylation sites is 1. The highest BCUT2D eigenvalue weighted by Gasteiger charge is 2.33. The number of hydrogen-bond acceptors (Lipinski definition) is 5. The van der Waals surface area contributed by atoms with Gasteiger partial charge in [0.25, 0.3) is 0 Å². The van der Waals surface area contributed by atoms with Gasteiger partial charge < -0.3 is 24.8 Å². The van der Waals surface area contributed by atoms with Crippen molar-refractivity contribution in [2.75, 3.05) is 38.5 Å². The van der Waals surface area contributed by atoms with Gasteiger partial charge in [0.15, 0.2) is 11.5 Å². The Morgan fingerprint density at radius 2 is 1.59 bits per heavy atom. The van der Waals surface area contributed by atoms with Crippen LogP contribution >= 0.6 is 0 Å². The summed E-state index contributed by atoms with van der Waals surface area (Å²) in [6.07, 6.45) is -4.56. The van der Waals surface area contributed by atoms with Crippen LogP contribution in [0.4, 0.5) is 24.5 Å². The highest BCUT2D eigenvalue weighted by Crippen LogP contribution is 2.40. The first kappa shape index (κ1) is 20.2. The van der Waals surface area contributed by atoms with Crippen LogP contribution in [0.15, 0.2) is 36.4 Å². The minimum atomic E-state index is -4.56. The van der Waals surface area contributed by atoms with E-state index in [0.717, 1.165) is 6.07 Å². The molecular formula is C18H19F3N2O4. The topological polar surface area (TPSA) is 68.8 Å². The SMILES string of the molecule is COc1cc(NCC(=O)Nc2ccccc2C(F)(F)F)cc(OC)c1OC. The molecule has 0 heterocycles. The van der Waals surface area contributed by atoms with Gasteiger partial charge in [-0.25, -0.2) is 0 Å². The van der Waals surface area contributed by atoms with Crippen LogP contribution in [-0.2, 0) is 11.0 Å². The third-order valence-electron chi connectivity index (χ3n) is 3.62. The molecule has 27 heavy (non-hydrogen) atoms. The number of methoxy groups -OCH3 is 3. The number of halogens is 3. The molecule has 0 spiro atoms. The summed E-state index contributed by atoms with van der Waals surface area (Å²) in [4.78, 5) is 12.1. The molecule has 0 aliphatic heterocycles. The van der Waals surface area contributed by atoms with E-state index >= 15 is 0 Å². The van der Waals surface area contributed by atoms with Gasteiger partial charge in [-0.15, -0.1) is 0 Å². The van der Waals surface area contributed by atoms with Crippen LogP contribution in [0, 0.1) is 0 Å². The van der Waals surface area contributed by atoms with Gasteiger partial charge in [0.1, 0.15) is 0 Å². The zero-order valence-electron chi connectivity index (χ0n) is 14.9. The summed E-state index contributed by atoms with van der Waals surface area (Å²) in [7, 11) is 4.35.